The van der Waals surface area contributed by atoms with E-state index in [-0.39, 0.29) is 16.4 Å². The minimum atomic E-state index is 0.0583. The van der Waals surface area contributed by atoms with E-state index in [4.69, 9.17) is 27.9 Å². The molecule has 2 saturated heterocycles. The summed E-state index contributed by atoms with van der Waals surface area (Å²) >= 11 is 13.6. The molecule has 3 aliphatic heterocycles. The first-order chi connectivity index (χ1) is 13.0. The number of aromatic nitrogens is 1. The number of rotatable bonds is 2. The Morgan fingerprint density at radius 1 is 1.33 bits per heavy atom. The normalized spacial score (nSPS) is 24.9. The minimum Gasteiger partial charge on any atom is -0.381 e. The van der Waals surface area contributed by atoms with E-state index in [1.54, 1.807) is 18.5 Å². The van der Waals surface area contributed by atoms with E-state index in [1.165, 1.54) is 11.8 Å². The molecule has 8 heteroatoms. The Hall–Kier alpha value is -1.08. The Kier molecular flexibility index (Phi) is 5.52. The van der Waals surface area contributed by atoms with Crippen LogP contribution in [0.5, 0.6) is 0 Å². The second kappa shape index (κ2) is 7.74. The zero-order valence-electron chi connectivity index (χ0n) is 15.1. The molecule has 27 heavy (non-hydrogen) atoms. The number of amidine groups is 1. The van der Waals surface area contributed by atoms with Gasteiger partial charge in [0.2, 0.25) is 5.78 Å². The Labute approximate surface area is 173 Å². The van der Waals surface area contributed by atoms with Gasteiger partial charge < -0.3 is 9.64 Å². The van der Waals surface area contributed by atoms with Gasteiger partial charge in [0.25, 0.3) is 0 Å². The molecule has 0 amide bonds. The fourth-order valence-electron chi connectivity index (χ4n) is 3.99. The molecule has 1 aromatic rings. The first-order valence-electron chi connectivity index (χ1n) is 9.09. The molecular weight excluding hydrogens is 405 g/mol. The van der Waals surface area contributed by atoms with Crippen molar-refractivity contribution >= 4 is 46.6 Å². The van der Waals surface area contributed by atoms with Crippen molar-refractivity contribution in [2.45, 2.75) is 31.1 Å². The number of allylic oxidation sites excluding steroid dienone is 1. The molecule has 1 spiro atoms. The summed E-state index contributed by atoms with van der Waals surface area (Å²) in [4.78, 5) is 24.9. The summed E-state index contributed by atoms with van der Waals surface area (Å²) in [6.45, 7) is 5.69. The topological polar surface area (TPSA) is 54.8 Å². The summed E-state index contributed by atoms with van der Waals surface area (Å²) in [5.74, 6) is 1.23. The zero-order chi connectivity index (χ0) is 19.0. The number of likely N-dealkylation sites (tertiary alicyclic amines) is 1. The smallest absolute Gasteiger partial charge is 0.202 e. The van der Waals surface area contributed by atoms with Gasteiger partial charge in [-0.25, -0.2) is 9.98 Å². The maximum absolute atomic E-state index is 12.7. The van der Waals surface area contributed by atoms with E-state index < -0.39 is 0 Å². The van der Waals surface area contributed by atoms with Gasteiger partial charge in [-0.05, 0) is 24.8 Å². The van der Waals surface area contributed by atoms with Crippen molar-refractivity contribution in [3.05, 3.63) is 33.5 Å². The third kappa shape index (κ3) is 3.77. The highest BCUT2D eigenvalue weighted by atomic mass is 35.5. The number of carbonyl (C=O) groups excluding carboxylic acids is 1. The number of aliphatic imine (C=N–C) groups is 1. The molecular formula is C19H21Cl2N3O2S. The van der Waals surface area contributed by atoms with E-state index in [1.807, 2.05) is 0 Å². The van der Waals surface area contributed by atoms with Crippen LogP contribution < -0.4 is 0 Å². The number of hydrogen-bond acceptors (Lipinski definition) is 6. The molecule has 0 unspecified atom stereocenters. The first-order valence-corrected chi connectivity index (χ1v) is 10.7. The number of piperidine rings is 1. The van der Waals surface area contributed by atoms with Crippen LogP contribution in [-0.2, 0) is 9.53 Å². The third-order valence-electron chi connectivity index (χ3n) is 5.83. The van der Waals surface area contributed by atoms with Crippen LogP contribution in [0.1, 0.15) is 26.2 Å². The zero-order valence-corrected chi connectivity index (χ0v) is 17.4. The van der Waals surface area contributed by atoms with Crippen molar-refractivity contribution in [1.29, 1.82) is 0 Å². The molecule has 0 aromatic carbocycles. The largest absolute Gasteiger partial charge is 0.381 e. The van der Waals surface area contributed by atoms with Crippen molar-refractivity contribution < 1.29 is 9.53 Å². The summed E-state index contributed by atoms with van der Waals surface area (Å²) in [5, 5.41) is 0.669. The number of ketones is 1. The molecule has 3 aliphatic rings. The average molecular weight is 426 g/mol. The van der Waals surface area contributed by atoms with Gasteiger partial charge in [-0.3, -0.25) is 4.79 Å². The standard InChI is InChI=1S/C19H21Cl2N3O2S/c1-12-10-26-11-19(12)3-6-24(7-4-19)18-14(25)8-13(9-23-18)27-15-2-5-22-17(21)16(15)20/h2,5,9,12H,3-4,6-8,10-11H2,1H3/t12-/m1/s1. The van der Waals surface area contributed by atoms with Gasteiger partial charge in [0, 0.05) is 53.7 Å². The van der Waals surface area contributed by atoms with Crippen molar-refractivity contribution in [2.75, 3.05) is 26.3 Å². The maximum Gasteiger partial charge on any atom is 0.202 e. The van der Waals surface area contributed by atoms with E-state index in [0.29, 0.717) is 23.2 Å². The molecule has 5 nitrogen and oxygen atoms in total. The van der Waals surface area contributed by atoms with E-state index in [9.17, 15) is 4.79 Å². The Bertz CT molecular complexity index is 819. The molecule has 4 heterocycles. The molecule has 0 saturated carbocycles. The molecule has 0 aliphatic carbocycles. The van der Waals surface area contributed by atoms with Gasteiger partial charge in [0.05, 0.1) is 11.6 Å². The Balaban J connectivity index is 1.44. The minimum absolute atomic E-state index is 0.0583. The summed E-state index contributed by atoms with van der Waals surface area (Å²) in [7, 11) is 0. The number of ether oxygens (including phenoxy) is 1. The molecule has 1 aromatic heterocycles. The molecule has 144 valence electrons. The van der Waals surface area contributed by atoms with Gasteiger partial charge in [-0.15, -0.1) is 0 Å². The first kappa shape index (κ1) is 19.2. The van der Waals surface area contributed by atoms with Crippen LogP contribution in [-0.4, -0.2) is 47.8 Å². The molecule has 1 atom stereocenters. The molecule has 0 N–H and O–H groups in total. The molecule has 0 radical (unpaired) electrons. The lowest BCUT2D eigenvalue weighted by Crippen LogP contribution is -2.48. The summed E-state index contributed by atoms with van der Waals surface area (Å²) < 4.78 is 5.69. The van der Waals surface area contributed by atoms with Crippen molar-refractivity contribution in [2.24, 2.45) is 16.3 Å². The van der Waals surface area contributed by atoms with Gasteiger partial charge >= 0.3 is 0 Å². The summed E-state index contributed by atoms with van der Waals surface area (Å²) in [6, 6.07) is 1.79. The maximum atomic E-state index is 12.7. The van der Waals surface area contributed by atoms with E-state index in [0.717, 1.165) is 48.9 Å². The highest BCUT2D eigenvalue weighted by Gasteiger charge is 2.44. The summed E-state index contributed by atoms with van der Waals surface area (Å²) in [5.41, 5.74) is 0.281. The van der Waals surface area contributed by atoms with Crippen LogP contribution >= 0.6 is 35.0 Å². The lowest BCUT2D eigenvalue weighted by molar-refractivity contribution is -0.113. The van der Waals surface area contributed by atoms with Crippen LogP contribution in [0, 0.1) is 11.3 Å². The van der Waals surface area contributed by atoms with E-state index >= 15 is 0 Å². The molecule has 4 rings (SSSR count). The number of carbonyl (C=O) groups is 1. The van der Waals surface area contributed by atoms with Gasteiger partial charge in [0.15, 0.2) is 5.84 Å². The lowest BCUT2D eigenvalue weighted by atomic mass is 9.71. The fraction of sp³-hybridized carbons (Fsp3) is 0.526. The third-order valence-corrected chi connectivity index (χ3v) is 7.78. The number of Topliss-reactive ketones (excluding diaryl/α,β-unsaturated/α-hetero) is 1. The van der Waals surface area contributed by atoms with Crippen LogP contribution in [0.3, 0.4) is 0 Å². The quantitative estimate of drug-likeness (QED) is 0.655. The highest BCUT2D eigenvalue weighted by molar-refractivity contribution is 8.03. The van der Waals surface area contributed by atoms with Gasteiger partial charge in [0.1, 0.15) is 5.15 Å². The monoisotopic (exact) mass is 425 g/mol. The Morgan fingerprint density at radius 3 is 2.78 bits per heavy atom. The fourth-order valence-corrected chi connectivity index (χ4v) is 5.34. The second-order valence-corrected chi connectivity index (χ2v) is 9.33. The van der Waals surface area contributed by atoms with E-state index in [2.05, 4.69) is 21.8 Å². The highest BCUT2D eigenvalue weighted by Crippen LogP contribution is 2.44. The molecule has 2 fully saturated rings. The Morgan fingerprint density at radius 2 is 2.11 bits per heavy atom. The SMILES string of the molecule is C[C@@H]1COCC12CCN(C1=NC=C(Sc3ccnc(Cl)c3Cl)CC1=O)CC2. The number of thioether (sulfide) groups is 1. The van der Waals surface area contributed by atoms with Crippen molar-refractivity contribution in [3.63, 3.8) is 0 Å². The van der Waals surface area contributed by atoms with Crippen LogP contribution in [0.15, 0.2) is 33.3 Å². The number of halogens is 2. The van der Waals surface area contributed by atoms with Crippen molar-refractivity contribution in [1.82, 2.24) is 9.88 Å². The van der Waals surface area contributed by atoms with Crippen molar-refractivity contribution in [3.8, 4) is 0 Å². The number of pyridine rings is 1. The van der Waals surface area contributed by atoms with Crippen LogP contribution in [0.2, 0.25) is 10.2 Å². The van der Waals surface area contributed by atoms with Crippen LogP contribution in [0.25, 0.3) is 0 Å². The van der Waals surface area contributed by atoms with Gasteiger partial charge in [-0.1, -0.05) is 41.9 Å². The number of nitrogens with zero attached hydrogens (tertiary/aromatic N) is 3. The predicted molar refractivity (Wildman–Crippen MR) is 108 cm³/mol. The lowest BCUT2D eigenvalue weighted by Gasteiger charge is -2.42. The predicted octanol–water partition coefficient (Wildman–Crippen LogP) is 4.44. The van der Waals surface area contributed by atoms with Crippen LogP contribution in [0.4, 0.5) is 0 Å². The number of hydrogen-bond donors (Lipinski definition) is 0. The van der Waals surface area contributed by atoms with Gasteiger partial charge in [-0.2, -0.15) is 0 Å². The average Bonchev–Trinajstić information content (AvgIpc) is 3.00. The molecule has 0 bridgehead atoms. The summed E-state index contributed by atoms with van der Waals surface area (Å²) in [6.07, 6.45) is 5.82. The second-order valence-electron chi connectivity index (χ2n) is 7.43.